The van der Waals surface area contributed by atoms with E-state index in [1.807, 2.05) is 24.3 Å². The first-order chi connectivity index (χ1) is 24.6. The van der Waals surface area contributed by atoms with Gasteiger partial charge in [0, 0.05) is 49.2 Å². The van der Waals surface area contributed by atoms with Gasteiger partial charge in [0.15, 0.2) is 0 Å². The number of para-hydroxylation sites is 2. The van der Waals surface area contributed by atoms with Crippen molar-refractivity contribution in [2.45, 2.75) is 59.7 Å². The van der Waals surface area contributed by atoms with Crippen LogP contribution in [0, 0.1) is 18.2 Å². The normalized spacial score (nSPS) is 11.6. The van der Waals surface area contributed by atoms with Gasteiger partial charge in [-0.15, -0.1) is 42.0 Å². The molecule has 0 N–H and O–H groups in total. The molecule has 0 aliphatic carbocycles. The molecule has 0 unspecified atom stereocenters. The third-order valence-electron chi connectivity index (χ3n) is 9.41. The van der Waals surface area contributed by atoms with E-state index in [-0.39, 0.29) is 20.1 Å². The maximum absolute atomic E-state index is 5.89. The zero-order valence-electron chi connectivity index (χ0n) is 31.0. The minimum absolute atomic E-state index is 0. The van der Waals surface area contributed by atoms with Gasteiger partial charge in [-0.05, 0) is 52.7 Å². The van der Waals surface area contributed by atoms with Crippen LogP contribution in [0.3, 0.4) is 0 Å². The van der Waals surface area contributed by atoms with Gasteiger partial charge in [0.1, 0.15) is 0 Å². The number of fused-ring (bicyclic) bond motifs is 3. The zero-order chi connectivity index (χ0) is 35.7. The van der Waals surface area contributed by atoms with Crippen molar-refractivity contribution in [2.24, 2.45) is 5.92 Å². The predicted octanol–water partition coefficient (Wildman–Crippen LogP) is 11.8. The monoisotopic (exact) mass is 876 g/mol. The number of imidazole rings is 1. The first-order valence-corrected chi connectivity index (χ1v) is 21.4. The number of nitrogens with zero attached hydrogens (tertiary/aromatic N) is 3. The molecule has 4 nitrogen and oxygen atoms in total. The Kier molecular flexibility index (Phi) is 11.1. The van der Waals surface area contributed by atoms with E-state index in [4.69, 9.17) is 9.40 Å². The molecule has 265 valence electrons. The summed E-state index contributed by atoms with van der Waals surface area (Å²) < 4.78 is 8.12. The topological polar surface area (TPSA) is 43.9 Å². The van der Waals surface area contributed by atoms with Crippen LogP contribution in [-0.4, -0.2) is 22.6 Å². The fourth-order valence-corrected chi connectivity index (χ4v) is 8.43. The van der Waals surface area contributed by atoms with E-state index in [2.05, 4.69) is 166 Å². The molecular weight excluding hydrogens is 831 g/mol. The molecule has 0 spiro atoms. The van der Waals surface area contributed by atoms with Crippen LogP contribution >= 0.6 is 0 Å². The number of hydrogen-bond acceptors (Lipinski definition) is 3. The smallest absolute Gasteiger partial charge is 0.0798 e. The van der Waals surface area contributed by atoms with Crippen LogP contribution in [0.1, 0.15) is 44.7 Å². The summed E-state index contributed by atoms with van der Waals surface area (Å²) in [5.74, 6) is 1.95. The summed E-state index contributed by atoms with van der Waals surface area (Å²) in [7, 11) is -1.34. The quantitative estimate of drug-likeness (QED) is 0.118. The Labute approximate surface area is 322 Å². The average Bonchev–Trinajstić information content (AvgIpc) is 3.72. The molecule has 0 fully saturated rings. The van der Waals surface area contributed by atoms with Gasteiger partial charge >= 0.3 is 0 Å². The second-order valence-electron chi connectivity index (χ2n) is 15.1. The Morgan fingerprint density at radius 3 is 2.29 bits per heavy atom. The van der Waals surface area contributed by atoms with Gasteiger partial charge in [0.25, 0.3) is 0 Å². The van der Waals surface area contributed by atoms with Crippen LogP contribution in [0.5, 0.6) is 0 Å². The SMILES string of the molecule is CC(C)Cc1cc(-c2[c-]cccc2)ncc1[Si](C)(C)C.CC(C)c1ccc2c(-c3nc4ccccc4n3-c3cccc4ccccc34)[c-]oc2c1.[Ir]. The average molecular weight is 876 g/mol. The molecule has 0 saturated heterocycles. The Bertz CT molecular complexity index is 2450. The third-order valence-corrected chi connectivity index (χ3v) is 11.5. The molecule has 0 aliphatic rings. The molecule has 0 amide bonds. The zero-order valence-corrected chi connectivity index (χ0v) is 34.4. The van der Waals surface area contributed by atoms with E-state index in [1.165, 1.54) is 27.1 Å². The molecule has 0 aliphatic heterocycles. The van der Waals surface area contributed by atoms with Gasteiger partial charge in [-0.25, -0.2) is 0 Å². The van der Waals surface area contributed by atoms with Crippen molar-refractivity contribution in [3.05, 3.63) is 145 Å². The van der Waals surface area contributed by atoms with Crippen LogP contribution in [0.2, 0.25) is 19.6 Å². The molecule has 3 aromatic heterocycles. The molecule has 5 aromatic carbocycles. The number of benzene rings is 5. The first-order valence-electron chi connectivity index (χ1n) is 17.9. The van der Waals surface area contributed by atoms with Crippen molar-refractivity contribution < 1.29 is 24.5 Å². The standard InChI is InChI=1S/C28H21N2O.C18H24NSi.Ir/c1-18(2)20-14-15-22-23(17-31-27(22)16-20)28-29-24-11-5-6-12-26(24)30(28)25-13-7-9-19-8-3-4-10-21(19)25;1-14(2)11-16-12-17(15-9-7-6-8-10-15)19-13-18(16)20(3,4)5;/h3-16,18H,1-2H3;6-9,12-14H,11H2,1-5H3;/q2*-1;. The van der Waals surface area contributed by atoms with Crippen molar-refractivity contribution in [3.8, 4) is 28.3 Å². The van der Waals surface area contributed by atoms with Crippen molar-refractivity contribution in [1.29, 1.82) is 0 Å². The van der Waals surface area contributed by atoms with E-state index in [9.17, 15) is 0 Å². The van der Waals surface area contributed by atoms with Crippen LogP contribution in [-0.2, 0) is 26.5 Å². The Morgan fingerprint density at radius 2 is 1.54 bits per heavy atom. The summed E-state index contributed by atoms with van der Waals surface area (Å²) in [4.78, 5) is 9.70. The summed E-state index contributed by atoms with van der Waals surface area (Å²) in [6.45, 7) is 16.1. The molecule has 52 heavy (non-hydrogen) atoms. The predicted molar refractivity (Wildman–Crippen MR) is 217 cm³/mol. The van der Waals surface area contributed by atoms with Gasteiger partial charge in [-0.1, -0.05) is 136 Å². The van der Waals surface area contributed by atoms with Gasteiger partial charge in [0.2, 0.25) is 0 Å². The summed E-state index contributed by atoms with van der Waals surface area (Å²) >= 11 is 0. The van der Waals surface area contributed by atoms with Gasteiger partial charge < -0.3 is 14.0 Å². The molecule has 3 heterocycles. The number of furan rings is 1. The number of aromatic nitrogens is 3. The number of pyridine rings is 1. The summed E-state index contributed by atoms with van der Waals surface area (Å²) in [6, 6.07) is 43.1. The molecular formula is C46H45IrN3OSi-2. The van der Waals surface area contributed by atoms with E-state index in [0.717, 1.165) is 56.8 Å². The fourth-order valence-electron chi connectivity index (χ4n) is 6.84. The largest absolute Gasteiger partial charge is 0.557 e. The number of rotatable bonds is 7. The summed E-state index contributed by atoms with van der Waals surface area (Å²) in [6.07, 6.45) is 6.40. The van der Waals surface area contributed by atoms with Gasteiger partial charge in [-0.3, -0.25) is 4.98 Å². The fraction of sp³-hybridized carbons (Fsp3) is 0.217. The van der Waals surface area contributed by atoms with Gasteiger partial charge in [-0.2, -0.15) is 0 Å². The van der Waals surface area contributed by atoms with Crippen molar-refractivity contribution in [2.75, 3.05) is 0 Å². The molecule has 8 aromatic rings. The van der Waals surface area contributed by atoms with E-state index in [0.29, 0.717) is 11.8 Å². The second kappa shape index (κ2) is 15.6. The van der Waals surface area contributed by atoms with E-state index >= 15 is 0 Å². The molecule has 1 radical (unpaired) electrons. The molecule has 0 atom stereocenters. The molecule has 8 rings (SSSR count). The van der Waals surface area contributed by atoms with Crippen molar-refractivity contribution in [3.63, 3.8) is 0 Å². The minimum atomic E-state index is -1.34. The molecule has 6 heteroatoms. The van der Waals surface area contributed by atoms with E-state index in [1.54, 1.807) is 0 Å². The maximum atomic E-state index is 5.89. The number of hydrogen-bond donors (Lipinski definition) is 0. The van der Waals surface area contributed by atoms with Crippen LogP contribution in [0.4, 0.5) is 0 Å². The minimum Gasteiger partial charge on any atom is -0.557 e. The van der Waals surface area contributed by atoms with Gasteiger partial charge in [0.05, 0.1) is 24.9 Å². The Balaban J connectivity index is 0.000000193. The van der Waals surface area contributed by atoms with Crippen molar-refractivity contribution >= 4 is 46.0 Å². The van der Waals surface area contributed by atoms with Crippen LogP contribution in [0.15, 0.2) is 126 Å². The first kappa shape index (κ1) is 37.2. The Morgan fingerprint density at radius 1 is 0.788 bits per heavy atom. The van der Waals surface area contributed by atoms with Crippen LogP contribution < -0.4 is 5.19 Å². The summed E-state index contributed by atoms with van der Waals surface area (Å²) in [5.41, 5.74) is 9.70. The van der Waals surface area contributed by atoms with Crippen LogP contribution in [0.25, 0.3) is 61.1 Å². The third kappa shape index (κ3) is 7.61. The second-order valence-corrected chi connectivity index (χ2v) is 20.1. The van der Waals surface area contributed by atoms with Crippen molar-refractivity contribution in [1.82, 2.24) is 14.5 Å². The summed E-state index contributed by atoms with van der Waals surface area (Å²) in [5, 5.41) is 4.91. The molecule has 0 bridgehead atoms. The van der Waals surface area contributed by atoms with E-state index < -0.39 is 8.07 Å². The Hall–Kier alpha value is -4.61. The molecule has 0 saturated carbocycles. The maximum Gasteiger partial charge on any atom is 0.0798 e.